The van der Waals surface area contributed by atoms with Gasteiger partial charge in [-0.2, -0.15) is 0 Å². The van der Waals surface area contributed by atoms with Crippen LogP contribution in [-0.4, -0.2) is 34.6 Å². The van der Waals surface area contributed by atoms with Gasteiger partial charge in [0.25, 0.3) is 0 Å². The lowest BCUT2D eigenvalue weighted by atomic mass is 10.2. The van der Waals surface area contributed by atoms with Crippen LogP contribution in [0.1, 0.15) is 27.7 Å². The van der Waals surface area contributed by atoms with Crippen molar-refractivity contribution in [1.29, 1.82) is 0 Å². The second-order valence-electron chi connectivity index (χ2n) is 5.11. The number of carbonyl (C=O) groups excluding carboxylic acids is 2. The van der Waals surface area contributed by atoms with E-state index in [2.05, 4.69) is 14.2 Å². The first-order chi connectivity index (χ1) is 12.3. The Labute approximate surface area is 159 Å². The fraction of sp³-hybridized carbons (Fsp3) is 0.250. The van der Waals surface area contributed by atoms with Crippen molar-refractivity contribution >= 4 is 44.9 Å². The van der Waals surface area contributed by atoms with Gasteiger partial charge in [-0.3, -0.25) is 4.79 Å². The first-order valence-corrected chi connectivity index (χ1v) is 10.0. The van der Waals surface area contributed by atoms with Crippen molar-refractivity contribution in [2.75, 3.05) is 14.2 Å². The molecule has 0 spiro atoms. The summed E-state index contributed by atoms with van der Waals surface area (Å²) in [7, 11) is -1.62. The molecule has 26 heavy (non-hydrogen) atoms. The van der Waals surface area contributed by atoms with Crippen molar-refractivity contribution in [2.24, 2.45) is 0 Å². The first-order valence-electron chi connectivity index (χ1n) is 7.29. The molecular weight excluding hydrogens is 402 g/mol. The van der Waals surface area contributed by atoms with Gasteiger partial charge in [0.15, 0.2) is 0 Å². The molecule has 0 aliphatic rings. The third kappa shape index (κ3) is 4.82. The van der Waals surface area contributed by atoms with Gasteiger partial charge in [0.2, 0.25) is 10.0 Å². The van der Waals surface area contributed by atoms with Crippen molar-refractivity contribution in [3.63, 3.8) is 0 Å². The highest BCUT2D eigenvalue weighted by atomic mass is 35.5. The maximum absolute atomic E-state index is 12.7. The van der Waals surface area contributed by atoms with Gasteiger partial charge in [-0.05, 0) is 29.6 Å². The summed E-state index contributed by atoms with van der Waals surface area (Å²) in [6, 6.07) is 6.37. The minimum Gasteiger partial charge on any atom is -0.469 e. The number of nitrogens with one attached hydrogen (secondary N) is 1. The zero-order valence-electron chi connectivity index (χ0n) is 13.9. The molecule has 0 aliphatic heterocycles. The van der Waals surface area contributed by atoms with Crippen molar-refractivity contribution in [3.05, 3.63) is 51.2 Å². The first kappa shape index (κ1) is 20.4. The van der Waals surface area contributed by atoms with Gasteiger partial charge in [0.1, 0.15) is 4.90 Å². The normalized spacial score (nSPS) is 12.4. The lowest BCUT2D eigenvalue weighted by Crippen LogP contribution is -2.30. The molecule has 1 heterocycles. The Morgan fingerprint density at radius 1 is 1.23 bits per heavy atom. The number of carbonyl (C=O) groups is 2. The van der Waals surface area contributed by atoms with Crippen LogP contribution in [0.3, 0.4) is 0 Å². The third-order valence-electron chi connectivity index (χ3n) is 3.42. The van der Waals surface area contributed by atoms with E-state index in [0.29, 0.717) is 4.88 Å². The van der Waals surface area contributed by atoms with Gasteiger partial charge >= 0.3 is 11.9 Å². The second kappa shape index (κ2) is 8.63. The van der Waals surface area contributed by atoms with Crippen molar-refractivity contribution in [2.45, 2.75) is 17.4 Å². The molecule has 1 aromatic heterocycles. The minimum atomic E-state index is -4.05. The quantitative estimate of drug-likeness (QED) is 0.695. The van der Waals surface area contributed by atoms with Crippen LogP contribution < -0.4 is 4.72 Å². The van der Waals surface area contributed by atoms with E-state index in [4.69, 9.17) is 11.6 Å². The average molecular weight is 418 g/mol. The molecule has 1 unspecified atom stereocenters. The summed E-state index contributed by atoms with van der Waals surface area (Å²) in [4.78, 5) is 23.6. The van der Waals surface area contributed by atoms with Crippen LogP contribution in [0, 0.1) is 0 Å². The van der Waals surface area contributed by atoms with Crippen LogP contribution in [0.15, 0.2) is 40.6 Å². The van der Waals surface area contributed by atoms with Gasteiger partial charge < -0.3 is 9.47 Å². The molecule has 1 N–H and O–H groups in total. The molecule has 0 radical (unpaired) electrons. The summed E-state index contributed by atoms with van der Waals surface area (Å²) >= 11 is 7.34. The Morgan fingerprint density at radius 2 is 1.96 bits per heavy atom. The van der Waals surface area contributed by atoms with E-state index in [0.717, 1.165) is 0 Å². The van der Waals surface area contributed by atoms with E-state index in [1.807, 2.05) is 0 Å². The molecule has 2 aromatic rings. The highest BCUT2D eigenvalue weighted by molar-refractivity contribution is 7.89. The van der Waals surface area contributed by atoms with Gasteiger partial charge in [0, 0.05) is 4.88 Å². The Bertz CT molecular complexity index is 895. The Morgan fingerprint density at radius 3 is 2.50 bits per heavy atom. The van der Waals surface area contributed by atoms with Gasteiger partial charge in [0.05, 0.1) is 37.3 Å². The summed E-state index contributed by atoms with van der Waals surface area (Å²) in [6.07, 6.45) is -0.173. The maximum atomic E-state index is 12.7. The molecule has 140 valence electrons. The molecule has 0 aliphatic carbocycles. The van der Waals surface area contributed by atoms with E-state index < -0.39 is 28.0 Å². The molecule has 1 aromatic carbocycles. The largest absolute Gasteiger partial charge is 0.469 e. The maximum Gasteiger partial charge on any atom is 0.337 e. The van der Waals surface area contributed by atoms with Crippen LogP contribution in [0.2, 0.25) is 5.02 Å². The predicted molar refractivity (Wildman–Crippen MR) is 96.8 cm³/mol. The highest BCUT2D eigenvalue weighted by Crippen LogP contribution is 2.28. The van der Waals surface area contributed by atoms with E-state index in [1.54, 1.807) is 17.5 Å². The molecule has 7 nitrogen and oxygen atoms in total. The number of esters is 2. The summed E-state index contributed by atoms with van der Waals surface area (Å²) in [6.45, 7) is 0. The van der Waals surface area contributed by atoms with Crippen LogP contribution in [-0.2, 0) is 24.3 Å². The number of thiophene rings is 1. The van der Waals surface area contributed by atoms with E-state index in [1.165, 1.54) is 43.8 Å². The topological polar surface area (TPSA) is 98.8 Å². The fourth-order valence-electron chi connectivity index (χ4n) is 2.15. The number of halogens is 1. The average Bonchev–Trinajstić information content (AvgIpc) is 3.14. The van der Waals surface area contributed by atoms with E-state index >= 15 is 0 Å². The number of sulfonamides is 1. The minimum absolute atomic E-state index is 0.126. The van der Waals surface area contributed by atoms with E-state index in [-0.39, 0.29) is 21.9 Å². The highest BCUT2D eigenvalue weighted by Gasteiger charge is 2.27. The monoisotopic (exact) mass is 417 g/mol. The summed E-state index contributed by atoms with van der Waals surface area (Å²) in [5, 5.41) is 1.63. The molecule has 0 amide bonds. The standard InChI is InChI=1S/C16H16ClNO6S2/c1-23-15(19)9-12(13-4-3-7-25-13)18-26(21,22)14-6-5-10(8-11(14)17)16(20)24-2/h3-8,12,18H,9H2,1-2H3. The third-order valence-corrected chi connectivity index (χ3v) is 6.37. The van der Waals surface area contributed by atoms with Crippen LogP contribution in [0.5, 0.6) is 0 Å². The van der Waals surface area contributed by atoms with Crippen molar-refractivity contribution in [1.82, 2.24) is 4.72 Å². The molecule has 1 atom stereocenters. The summed E-state index contributed by atoms with van der Waals surface area (Å²) in [5.41, 5.74) is 0.126. The van der Waals surface area contributed by atoms with Crippen molar-refractivity contribution < 1.29 is 27.5 Å². The smallest absolute Gasteiger partial charge is 0.337 e. The van der Waals surface area contributed by atoms with Gasteiger partial charge in [-0.1, -0.05) is 17.7 Å². The van der Waals surface area contributed by atoms with Crippen LogP contribution >= 0.6 is 22.9 Å². The Hall–Kier alpha value is -1.94. The second-order valence-corrected chi connectivity index (χ2v) is 8.18. The zero-order valence-corrected chi connectivity index (χ0v) is 16.3. The number of hydrogen-bond acceptors (Lipinski definition) is 7. The Kier molecular flexibility index (Phi) is 6.76. The number of benzene rings is 1. The lowest BCUT2D eigenvalue weighted by Gasteiger charge is -2.17. The van der Waals surface area contributed by atoms with Crippen molar-refractivity contribution in [3.8, 4) is 0 Å². The Balaban J connectivity index is 2.33. The number of methoxy groups -OCH3 is 2. The molecular formula is C16H16ClNO6S2. The summed E-state index contributed by atoms with van der Waals surface area (Å²) in [5.74, 6) is -1.19. The van der Waals surface area contributed by atoms with Crippen LogP contribution in [0.4, 0.5) is 0 Å². The molecule has 0 saturated heterocycles. The molecule has 0 fully saturated rings. The fourth-order valence-corrected chi connectivity index (χ4v) is 4.77. The number of ether oxygens (including phenoxy) is 2. The zero-order chi connectivity index (χ0) is 19.3. The van der Waals surface area contributed by atoms with Gasteiger partial charge in [-0.25, -0.2) is 17.9 Å². The molecule has 10 heteroatoms. The van der Waals surface area contributed by atoms with Gasteiger partial charge in [-0.15, -0.1) is 11.3 Å². The number of hydrogen-bond donors (Lipinski definition) is 1. The molecule has 0 saturated carbocycles. The SMILES string of the molecule is COC(=O)CC(NS(=O)(=O)c1ccc(C(=O)OC)cc1Cl)c1cccs1. The van der Waals surface area contributed by atoms with E-state index in [9.17, 15) is 18.0 Å². The molecule has 2 rings (SSSR count). The predicted octanol–water partition coefficient (Wildman–Crippen LogP) is 2.77. The molecule has 0 bridgehead atoms. The number of rotatable bonds is 7. The summed E-state index contributed by atoms with van der Waals surface area (Å²) < 4.78 is 37.1. The lowest BCUT2D eigenvalue weighted by molar-refractivity contribution is -0.141. The van der Waals surface area contributed by atoms with Crippen LogP contribution in [0.25, 0.3) is 0 Å².